The van der Waals surface area contributed by atoms with Crippen LogP contribution in [-0.4, -0.2) is 19.9 Å². The fourth-order valence-electron chi connectivity index (χ4n) is 2.32. The molecule has 122 valence electrons. The molecular formula is C17H16ClN5S. The van der Waals surface area contributed by atoms with E-state index in [0.29, 0.717) is 22.4 Å². The number of benzene rings is 2. The van der Waals surface area contributed by atoms with Gasteiger partial charge in [-0.2, -0.15) is 0 Å². The summed E-state index contributed by atoms with van der Waals surface area (Å²) < 4.78 is 0. The van der Waals surface area contributed by atoms with E-state index in [-0.39, 0.29) is 2.85 Å². The molecule has 7 heteroatoms. The summed E-state index contributed by atoms with van der Waals surface area (Å²) in [6.07, 6.45) is 1.65. The third-order valence-electron chi connectivity index (χ3n) is 3.41. The Balaban J connectivity index is 0.00000121. The fraction of sp³-hybridized carbons (Fsp3) is 0. The number of H-pyrrole nitrogens is 1. The number of halogens is 1. The van der Waals surface area contributed by atoms with Crippen LogP contribution in [0.1, 0.15) is 2.85 Å². The van der Waals surface area contributed by atoms with Gasteiger partial charge in [0.05, 0.1) is 17.2 Å². The van der Waals surface area contributed by atoms with Gasteiger partial charge in [0.25, 0.3) is 0 Å². The van der Waals surface area contributed by atoms with Crippen molar-refractivity contribution in [3.8, 4) is 11.5 Å². The number of hydrogen-bond acceptors (Lipinski definition) is 5. The van der Waals surface area contributed by atoms with Crippen LogP contribution in [0.15, 0.2) is 64.6 Å². The molecule has 5 nitrogen and oxygen atoms in total. The van der Waals surface area contributed by atoms with Crippen LogP contribution in [0.5, 0.6) is 0 Å². The number of hydrogen-bond donors (Lipinski definition) is 2. The topological polar surface area (TPSA) is 80.5 Å². The highest BCUT2D eigenvalue weighted by Gasteiger charge is 2.13. The maximum atomic E-state index is 6.02. The zero-order chi connectivity index (χ0) is 16.5. The minimum atomic E-state index is 0. The van der Waals surface area contributed by atoms with Crippen molar-refractivity contribution in [1.82, 2.24) is 19.9 Å². The van der Waals surface area contributed by atoms with E-state index in [9.17, 15) is 0 Å². The van der Waals surface area contributed by atoms with Crippen molar-refractivity contribution >= 4 is 40.2 Å². The van der Waals surface area contributed by atoms with Crippen LogP contribution < -0.4 is 5.73 Å². The minimum absolute atomic E-state index is 0. The summed E-state index contributed by atoms with van der Waals surface area (Å²) in [6.45, 7) is 0. The van der Waals surface area contributed by atoms with Crippen molar-refractivity contribution in [3.05, 3.63) is 59.8 Å². The number of nitrogens with one attached hydrogen (secondary N) is 1. The Morgan fingerprint density at radius 2 is 1.96 bits per heavy atom. The van der Waals surface area contributed by atoms with Crippen LogP contribution in [0.3, 0.4) is 0 Å². The smallest absolute Gasteiger partial charge is 0.161 e. The second-order valence-corrected chi connectivity index (χ2v) is 6.63. The summed E-state index contributed by atoms with van der Waals surface area (Å²) in [5.41, 5.74) is 8.33. The standard InChI is InChI=1S/C17H12ClN5S.2H2/c18-10-4-3-5-11(8-10)24-14-9-20-16(19)15(23-14)17-21-12-6-1-2-7-13(12)22-17;;/h1-9H,(H2,19,20)(H,21,22);2*1H. The highest BCUT2D eigenvalue weighted by Crippen LogP contribution is 2.30. The molecule has 4 rings (SSSR count). The van der Waals surface area contributed by atoms with Gasteiger partial charge in [-0.15, -0.1) is 0 Å². The lowest BCUT2D eigenvalue weighted by Crippen LogP contribution is -1.99. The van der Waals surface area contributed by atoms with Gasteiger partial charge in [0, 0.05) is 12.8 Å². The average molecular weight is 358 g/mol. The molecule has 0 saturated heterocycles. The van der Waals surface area contributed by atoms with Crippen LogP contribution >= 0.6 is 23.4 Å². The Labute approximate surface area is 150 Å². The van der Waals surface area contributed by atoms with E-state index in [0.717, 1.165) is 21.0 Å². The van der Waals surface area contributed by atoms with Crippen LogP contribution in [0.25, 0.3) is 22.6 Å². The molecule has 0 radical (unpaired) electrons. The Hall–Kier alpha value is -2.57. The number of nitrogens with zero attached hydrogens (tertiary/aromatic N) is 3. The van der Waals surface area contributed by atoms with E-state index in [1.165, 1.54) is 11.8 Å². The summed E-state index contributed by atoms with van der Waals surface area (Å²) in [5.74, 6) is 0.944. The second kappa shape index (κ2) is 6.14. The summed E-state index contributed by atoms with van der Waals surface area (Å²) in [4.78, 5) is 17.6. The average Bonchev–Trinajstić information content (AvgIpc) is 3.00. The predicted molar refractivity (Wildman–Crippen MR) is 101 cm³/mol. The van der Waals surface area contributed by atoms with Crippen LogP contribution in [-0.2, 0) is 0 Å². The molecule has 0 unspecified atom stereocenters. The predicted octanol–water partition coefficient (Wildman–Crippen LogP) is 4.90. The van der Waals surface area contributed by atoms with Gasteiger partial charge in [-0.3, -0.25) is 0 Å². The molecule has 0 aliphatic heterocycles. The summed E-state index contributed by atoms with van der Waals surface area (Å²) in [5, 5.41) is 1.41. The first kappa shape index (κ1) is 15.0. The van der Waals surface area contributed by atoms with Crippen LogP contribution in [0.2, 0.25) is 5.02 Å². The fourth-order valence-corrected chi connectivity index (χ4v) is 3.39. The number of nitrogens with two attached hydrogens (primary N) is 1. The van der Waals surface area contributed by atoms with Crippen LogP contribution in [0, 0.1) is 0 Å². The number of anilines is 1. The third-order valence-corrected chi connectivity index (χ3v) is 4.54. The number of aromatic amines is 1. The van der Waals surface area contributed by atoms with Gasteiger partial charge >= 0.3 is 0 Å². The van der Waals surface area contributed by atoms with Gasteiger partial charge in [-0.05, 0) is 30.3 Å². The molecule has 2 aromatic heterocycles. The summed E-state index contributed by atoms with van der Waals surface area (Å²) in [7, 11) is 0. The number of nitrogen functional groups attached to an aromatic ring is 1. The largest absolute Gasteiger partial charge is 0.382 e. The lowest BCUT2D eigenvalue weighted by molar-refractivity contribution is 1.05. The molecular weight excluding hydrogens is 342 g/mol. The number of rotatable bonds is 3. The Kier molecular flexibility index (Phi) is 3.84. The highest BCUT2D eigenvalue weighted by molar-refractivity contribution is 7.99. The number of para-hydroxylation sites is 2. The number of aromatic nitrogens is 4. The lowest BCUT2D eigenvalue weighted by Gasteiger charge is -2.05. The Morgan fingerprint density at radius 3 is 2.79 bits per heavy atom. The van der Waals surface area contributed by atoms with Crippen molar-refractivity contribution in [1.29, 1.82) is 0 Å². The molecule has 24 heavy (non-hydrogen) atoms. The molecule has 2 heterocycles. The lowest BCUT2D eigenvalue weighted by atomic mass is 10.3. The first-order valence-electron chi connectivity index (χ1n) is 7.20. The number of imidazole rings is 1. The first-order chi connectivity index (χ1) is 11.7. The molecule has 0 saturated carbocycles. The minimum Gasteiger partial charge on any atom is -0.382 e. The zero-order valence-electron chi connectivity index (χ0n) is 12.4. The van der Waals surface area contributed by atoms with Crippen molar-refractivity contribution < 1.29 is 2.85 Å². The SMILES string of the molecule is Nc1ncc(Sc2cccc(Cl)c2)nc1-c1nc2ccccc2[nH]1.[HH].[HH]. The quantitative estimate of drug-likeness (QED) is 0.545. The molecule has 0 spiro atoms. The molecule has 0 atom stereocenters. The molecule has 0 bridgehead atoms. The van der Waals surface area contributed by atoms with Crippen molar-refractivity contribution in [3.63, 3.8) is 0 Å². The Bertz CT molecular complexity index is 1010. The molecule has 2 aromatic carbocycles. The van der Waals surface area contributed by atoms with E-state index < -0.39 is 0 Å². The third kappa shape index (κ3) is 2.93. The molecule has 0 aliphatic rings. The van der Waals surface area contributed by atoms with Gasteiger partial charge in [-0.1, -0.05) is 41.6 Å². The van der Waals surface area contributed by atoms with Gasteiger partial charge < -0.3 is 10.7 Å². The summed E-state index contributed by atoms with van der Waals surface area (Å²) >= 11 is 7.50. The van der Waals surface area contributed by atoms with E-state index in [4.69, 9.17) is 17.3 Å². The summed E-state index contributed by atoms with van der Waals surface area (Å²) in [6, 6.07) is 15.4. The first-order valence-corrected chi connectivity index (χ1v) is 8.39. The highest BCUT2D eigenvalue weighted by atomic mass is 35.5. The van der Waals surface area contributed by atoms with Gasteiger partial charge in [0.15, 0.2) is 11.6 Å². The monoisotopic (exact) mass is 357 g/mol. The van der Waals surface area contributed by atoms with E-state index in [1.807, 2.05) is 48.5 Å². The molecule has 0 aliphatic carbocycles. The molecule has 3 N–H and O–H groups in total. The molecule has 0 fully saturated rings. The molecule has 0 amide bonds. The van der Waals surface area contributed by atoms with E-state index in [2.05, 4.69) is 19.9 Å². The van der Waals surface area contributed by atoms with Crippen molar-refractivity contribution in [2.75, 3.05) is 5.73 Å². The van der Waals surface area contributed by atoms with Gasteiger partial charge in [0.1, 0.15) is 10.7 Å². The van der Waals surface area contributed by atoms with Gasteiger partial charge in [0.2, 0.25) is 0 Å². The van der Waals surface area contributed by atoms with E-state index >= 15 is 0 Å². The van der Waals surface area contributed by atoms with Crippen molar-refractivity contribution in [2.45, 2.75) is 9.92 Å². The maximum absolute atomic E-state index is 6.02. The van der Waals surface area contributed by atoms with Gasteiger partial charge in [-0.25, -0.2) is 15.0 Å². The molecule has 4 aromatic rings. The van der Waals surface area contributed by atoms with Crippen LogP contribution in [0.4, 0.5) is 5.82 Å². The Morgan fingerprint density at radius 1 is 1.08 bits per heavy atom. The normalized spacial score (nSPS) is 11.0. The van der Waals surface area contributed by atoms with E-state index in [1.54, 1.807) is 6.20 Å². The second-order valence-electron chi connectivity index (χ2n) is 5.10. The maximum Gasteiger partial charge on any atom is 0.161 e. The zero-order valence-corrected chi connectivity index (χ0v) is 14.0. The van der Waals surface area contributed by atoms with Crippen molar-refractivity contribution in [2.24, 2.45) is 0 Å². The number of fused-ring (bicyclic) bond motifs is 1.